The number of amides is 1. The molecule has 0 heterocycles. The average Bonchev–Trinajstić information content (AvgIpc) is 1.82. The number of hydroxylamine groups is 2. The van der Waals surface area contributed by atoms with Crippen LogP contribution < -0.4 is 0 Å². The topological polar surface area (TPSA) is 49.8 Å². The maximum atomic E-state index is 10.1. The lowest BCUT2D eigenvalue weighted by atomic mass is 10.5. The van der Waals surface area contributed by atoms with Crippen LogP contribution in [0.5, 0.6) is 0 Å². The highest BCUT2D eigenvalue weighted by Crippen LogP contribution is 1.90. The quantitative estimate of drug-likeness (QED) is 0.583. The van der Waals surface area contributed by atoms with E-state index < -0.39 is 6.09 Å². The summed E-state index contributed by atoms with van der Waals surface area (Å²) in [6.07, 6.45) is -0.278. The van der Waals surface area contributed by atoms with Crippen molar-refractivity contribution in [3.63, 3.8) is 0 Å². The smallest absolute Gasteiger partial charge is 0.431 e. The monoisotopic (exact) mass is 133 g/mol. The van der Waals surface area contributed by atoms with Gasteiger partial charge in [-0.1, -0.05) is 6.92 Å². The molecule has 0 aliphatic heterocycles. The second-order valence-electron chi connectivity index (χ2n) is 1.57. The van der Waals surface area contributed by atoms with Crippen molar-refractivity contribution in [3.8, 4) is 0 Å². The maximum absolute atomic E-state index is 10.1. The predicted molar refractivity (Wildman–Crippen MR) is 32.0 cm³/mol. The number of nitrogens with zero attached hydrogens (tertiary/aromatic N) is 1. The Bertz CT molecular complexity index is 94.2. The first kappa shape index (κ1) is 8.23. The van der Waals surface area contributed by atoms with Crippen molar-refractivity contribution in [2.45, 2.75) is 13.3 Å². The van der Waals surface area contributed by atoms with Gasteiger partial charge in [-0.25, -0.2) is 4.79 Å². The van der Waals surface area contributed by atoms with Gasteiger partial charge in [-0.05, 0) is 6.42 Å². The normalized spacial score (nSPS) is 9.11. The highest BCUT2D eigenvalue weighted by atomic mass is 16.7. The van der Waals surface area contributed by atoms with E-state index in [0.717, 1.165) is 11.5 Å². The predicted octanol–water partition coefficient (Wildman–Crippen LogP) is 0.938. The molecule has 0 aromatic carbocycles. The van der Waals surface area contributed by atoms with Crippen LogP contribution in [-0.4, -0.2) is 29.9 Å². The van der Waals surface area contributed by atoms with Gasteiger partial charge in [-0.3, -0.25) is 4.84 Å². The first-order valence-corrected chi connectivity index (χ1v) is 2.77. The van der Waals surface area contributed by atoms with Crippen LogP contribution in [0, 0.1) is 0 Å². The van der Waals surface area contributed by atoms with Crippen molar-refractivity contribution < 1.29 is 14.7 Å². The molecule has 0 unspecified atom stereocenters. The van der Waals surface area contributed by atoms with E-state index in [-0.39, 0.29) is 0 Å². The molecule has 0 saturated heterocycles. The van der Waals surface area contributed by atoms with E-state index in [1.54, 1.807) is 0 Å². The van der Waals surface area contributed by atoms with Gasteiger partial charge in [0.05, 0.1) is 13.7 Å². The molecule has 0 spiro atoms. The summed E-state index contributed by atoms with van der Waals surface area (Å²) in [6.45, 7) is 2.31. The number of carbonyl (C=O) groups is 1. The van der Waals surface area contributed by atoms with E-state index in [0.29, 0.717) is 6.54 Å². The number of rotatable bonds is 3. The molecule has 4 nitrogen and oxygen atoms in total. The molecule has 0 saturated carbocycles. The largest absolute Gasteiger partial charge is 0.463 e. The molecule has 0 aliphatic rings. The Hall–Kier alpha value is -0.770. The molecule has 0 fully saturated rings. The van der Waals surface area contributed by atoms with Gasteiger partial charge in [-0.2, -0.15) is 5.06 Å². The van der Waals surface area contributed by atoms with Gasteiger partial charge < -0.3 is 5.11 Å². The molecule has 0 aromatic heterocycles. The van der Waals surface area contributed by atoms with E-state index in [9.17, 15) is 4.79 Å². The van der Waals surface area contributed by atoms with Gasteiger partial charge in [0.25, 0.3) is 0 Å². The molecule has 0 aliphatic carbocycles. The molecule has 0 atom stereocenters. The Morgan fingerprint density at radius 1 is 1.78 bits per heavy atom. The zero-order valence-corrected chi connectivity index (χ0v) is 5.63. The lowest BCUT2D eigenvalue weighted by molar-refractivity contribution is -0.102. The number of hydrogen-bond donors (Lipinski definition) is 1. The van der Waals surface area contributed by atoms with Crippen LogP contribution in [0.25, 0.3) is 0 Å². The van der Waals surface area contributed by atoms with Crippen LogP contribution in [0.4, 0.5) is 4.79 Å². The summed E-state index contributed by atoms with van der Waals surface area (Å²) in [7, 11) is 1.34. The van der Waals surface area contributed by atoms with Crippen molar-refractivity contribution in [2.75, 3.05) is 13.7 Å². The highest BCUT2D eigenvalue weighted by Gasteiger charge is 2.07. The van der Waals surface area contributed by atoms with E-state index >= 15 is 0 Å². The zero-order valence-electron chi connectivity index (χ0n) is 5.63. The molecule has 0 rings (SSSR count). The molecular weight excluding hydrogens is 122 g/mol. The second kappa shape index (κ2) is 4.14. The van der Waals surface area contributed by atoms with Crippen molar-refractivity contribution in [1.82, 2.24) is 5.06 Å². The van der Waals surface area contributed by atoms with Gasteiger partial charge in [0, 0.05) is 0 Å². The van der Waals surface area contributed by atoms with Gasteiger partial charge in [0.1, 0.15) is 0 Å². The molecule has 1 N–H and O–H groups in total. The van der Waals surface area contributed by atoms with Gasteiger partial charge in [-0.15, -0.1) is 0 Å². The summed E-state index contributed by atoms with van der Waals surface area (Å²) in [6, 6.07) is 0. The Morgan fingerprint density at radius 2 is 2.33 bits per heavy atom. The summed E-state index contributed by atoms with van der Waals surface area (Å²) in [4.78, 5) is 14.6. The zero-order chi connectivity index (χ0) is 7.28. The Balaban J connectivity index is 3.54. The van der Waals surface area contributed by atoms with Gasteiger partial charge in [0.2, 0.25) is 0 Å². The fourth-order valence-corrected chi connectivity index (χ4v) is 0.468. The fourth-order valence-electron chi connectivity index (χ4n) is 0.468. The van der Waals surface area contributed by atoms with Crippen molar-refractivity contribution in [2.24, 2.45) is 0 Å². The fraction of sp³-hybridized carbons (Fsp3) is 0.800. The summed E-state index contributed by atoms with van der Waals surface area (Å²) in [5.74, 6) is 0. The average molecular weight is 133 g/mol. The lowest BCUT2D eigenvalue weighted by Crippen LogP contribution is -2.28. The summed E-state index contributed by atoms with van der Waals surface area (Å²) < 4.78 is 0. The molecule has 1 amide bonds. The first-order chi connectivity index (χ1) is 4.22. The third kappa shape index (κ3) is 2.92. The minimum Gasteiger partial charge on any atom is -0.463 e. The second-order valence-corrected chi connectivity index (χ2v) is 1.57. The Labute approximate surface area is 54.0 Å². The number of carboxylic acid groups (broad SMARTS) is 1. The minimum atomic E-state index is -1.04. The van der Waals surface area contributed by atoms with Gasteiger partial charge >= 0.3 is 6.09 Å². The van der Waals surface area contributed by atoms with Crippen LogP contribution in [0.2, 0.25) is 0 Å². The molecular formula is C5H11NO3. The van der Waals surface area contributed by atoms with Crippen LogP contribution in [0.3, 0.4) is 0 Å². The van der Waals surface area contributed by atoms with E-state index in [2.05, 4.69) is 4.84 Å². The van der Waals surface area contributed by atoms with Gasteiger partial charge in [0.15, 0.2) is 0 Å². The van der Waals surface area contributed by atoms with Crippen LogP contribution >= 0.6 is 0 Å². The minimum absolute atomic E-state index is 0.422. The standard InChI is InChI=1S/C5H11NO3/c1-3-4-6(9-2)5(7)8/h3-4H2,1-2H3,(H,7,8). The summed E-state index contributed by atoms with van der Waals surface area (Å²) in [5.41, 5.74) is 0. The maximum Gasteiger partial charge on any atom is 0.431 e. The van der Waals surface area contributed by atoms with Crippen LogP contribution in [-0.2, 0) is 4.84 Å². The Morgan fingerprint density at radius 3 is 2.44 bits per heavy atom. The van der Waals surface area contributed by atoms with Crippen LogP contribution in [0.15, 0.2) is 0 Å². The third-order valence-electron chi connectivity index (χ3n) is 0.860. The molecule has 0 aromatic rings. The van der Waals surface area contributed by atoms with E-state index in [1.807, 2.05) is 6.92 Å². The molecule has 4 heteroatoms. The van der Waals surface area contributed by atoms with Crippen LogP contribution in [0.1, 0.15) is 13.3 Å². The molecule has 0 radical (unpaired) electrons. The van der Waals surface area contributed by atoms with E-state index in [4.69, 9.17) is 5.11 Å². The lowest BCUT2D eigenvalue weighted by Gasteiger charge is -2.13. The van der Waals surface area contributed by atoms with Crippen molar-refractivity contribution in [1.29, 1.82) is 0 Å². The first-order valence-electron chi connectivity index (χ1n) is 2.77. The summed E-state index contributed by atoms with van der Waals surface area (Å²) >= 11 is 0. The SMILES string of the molecule is CCCN(OC)C(=O)O. The molecule has 54 valence electrons. The highest BCUT2D eigenvalue weighted by molar-refractivity contribution is 5.63. The molecule has 0 bridgehead atoms. The molecule has 9 heavy (non-hydrogen) atoms. The van der Waals surface area contributed by atoms with Crippen molar-refractivity contribution in [3.05, 3.63) is 0 Å². The number of hydrogen-bond acceptors (Lipinski definition) is 2. The Kier molecular flexibility index (Phi) is 3.79. The van der Waals surface area contributed by atoms with E-state index in [1.165, 1.54) is 7.11 Å². The summed E-state index contributed by atoms with van der Waals surface area (Å²) in [5, 5.41) is 9.19. The van der Waals surface area contributed by atoms with Crippen molar-refractivity contribution >= 4 is 6.09 Å². The third-order valence-corrected chi connectivity index (χ3v) is 0.860.